The molecule has 4 heterocycles. The first kappa shape index (κ1) is 19.1. The highest BCUT2D eigenvalue weighted by atomic mass is 19.1. The van der Waals surface area contributed by atoms with Gasteiger partial charge >= 0.3 is 0 Å². The van der Waals surface area contributed by atoms with E-state index in [0.29, 0.717) is 29.9 Å². The van der Waals surface area contributed by atoms with Crippen molar-refractivity contribution in [2.24, 2.45) is 0 Å². The average molecular weight is 389 g/mol. The molecule has 3 N–H and O–H groups in total. The van der Waals surface area contributed by atoms with E-state index in [1.807, 2.05) is 18.9 Å². The quantitative estimate of drug-likeness (QED) is 0.698. The van der Waals surface area contributed by atoms with Gasteiger partial charge in [0, 0.05) is 43.5 Å². The van der Waals surface area contributed by atoms with Crippen molar-refractivity contribution in [3.8, 4) is 0 Å². The fourth-order valence-corrected chi connectivity index (χ4v) is 4.36. The standard InChI is InChI=1S/C19H28FN7O/c1-4-12-8-14(9-13-5-6-27(12)13)26(3)19-21-15(10-28)17(20)18(23-19)22-16-7-11(2)24-25-16/h7,12-14,28H,4-6,8-10H2,1-3H3,(H2,21,22,23,24,25)/t12?,13-,14?/m1/s1. The predicted octanol–water partition coefficient (Wildman–Crippen LogP) is 2.33. The van der Waals surface area contributed by atoms with Crippen molar-refractivity contribution in [2.75, 3.05) is 23.8 Å². The topological polar surface area (TPSA) is 93.2 Å². The fourth-order valence-electron chi connectivity index (χ4n) is 4.36. The Morgan fingerprint density at radius 3 is 2.82 bits per heavy atom. The number of aryl methyl sites for hydroxylation is 1. The Labute approximate surface area is 164 Å². The molecule has 4 rings (SSSR count). The number of anilines is 3. The minimum Gasteiger partial charge on any atom is -0.390 e. The van der Waals surface area contributed by atoms with Crippen LogP contribution in [0.5, 0.6) is 0 Å². The molecule has 0 spiro atoms. The van der Waals surface area contributed by atoms with E-state index in [4.69, 9.17) is 0 Å². The van der Waals surface area contributed by atoms with E-state index < -0.39 is 12.4 Å². The summed E-state index contributed by atoms with van der Waals surface area (Å²) in [5.74, 6) is 0.273. The summed E-state index contributed by atoms with van der Waals surface area (Å²) < 4.78 is 14.7. The number of aliphatic hydroxyl groups excluding tert-OH is 1. The lowest BCUT2D eigenvalue weighted by molar-refractivity contribution is -0.00728. The molecule has 2 unspecified atom stereocenters. The van der Waals surface area contributed by atoms with Crippen LogP contribution >= 0.6 is 0 Å². The van der Waals surface area contributed by atoms with Crippen LogP contribution in [0.2, 0.25) is 0 Å². The van der Waals surface area contributed by atoms with Crippen molar-refractivity contribution >= 4 is 17.6 Å². The molecular weight excluding hydrogens is 361 g/mol. The molecule has 0 bridgehead atoms. The molecule has 152 valence electrons. The minimum atomic E-state index is -0.652. The normalized spacial score (nSPS) is 24.5. The number of hydrogen-bond donors (Lipinski definition) is 3. The van der Waals surface area contributed by atoms with Crippen molar-refractivity contribution in [1.29, 1.82) is 0 Å². The summed E-state index contributed by atoms with van der Waals surface area (Å²) in [6.07, 6.45) is 4.46. The first-order chi connectivity index (χ1) is 13.5. The van der Waals surface area contributed by atoms with Gasteiger partial charge in [-0.1, -0.05) is 6.92 Å². The number of hydrogen-bond acceptors (Lipinski definition) is 7. The second-order valence-electron chi connectivity index (χ2n) is 7.83. The molecule has 0 saturated carbocycles. The van der Waals surface area contributed by atoms with Crippen LogP contribution < -0.4 is 10.2 Å². The summed E-state index contributed by atoms with van der Waals surface area (Å²) in [5.41, 5.74) is 0.842. The van der Waals surface area contributed by atoms with Gasteiger partial charge < -0.3 is 15.3 Å². The summed E-state index contributed by atoms with van der Waals surface area (Å²) in [6, 6.07) is 3.25. The number of aliphatic hydroxyl groups is 1. The van der Waals surface area contributed by atoms with Crippen molar-refractivity contribution in [1.82, 2.24) is 25.1 Å². The van der Waals surface area contributed by atoms with Gasteiger partial charge in [-0.2, -0.15) is 10.1 Å². The minimum absolute atomic E-state index is 0.0141. The molecule has 0 amide bonds. The van der Waals surface area contributed by atoms with Gasteiger partial charge in [0.15, 0.2) is 17.5 Å². The molecule has 9 heteroatoms. The number of nitrogens with one attached hydrogen (secondary N) is 2. The highest BCUT2D eigenvalue weighted by molar-refractivity contribution is 5.55. The average Bonchev–Trinajstić information content (AvgIpc) is 3.08. The molecule has 0 aliphatic carbocycles. The highest BCUT2D eigenvalue weighted by Crippen LogP contribution is 2.36. The molecule has 3 atom stereocenters. The lowest BCUT2D eigenvalue weighted by Crippen LogP contribution is -2.61. The Hall–Kier alpha value is -2.26. The van der Waals surface area contributed by atoms with Crippen molar-refractivity contribution < 1.29 is 9.50 Å². The second-order valence-corrected chi connectivity index (χ2v) is 7.83. The molecule has 0 radical (unpaired) electrons. The molecule has 2 saturated heterocycles. The van der Waals surface area contributed by atoms with Gasteiger partial charge in [0.25, 0.3) is 0 Å². The monoisotopic (exact) mass is 389 g/mol. The maximum atomic E-state index is 14.7. The van der Waals surface area contributed by atoms with Crippen molar-refractivity contribution in [3.63, 3.8) is 0 Å². The Balaban J connectivity index is 1.60. The molecule has 2 fully saturated rings. The molecule has 0 aromatic carbocycles. The van der Waals surface area contributed by atoms with Crippen LogP contribution in [0.25, 0.3) is 0 Å². The van der Waals surface area contributed by atoms with Gasteiger partial charge in [-0.25, -0.2) is 9.37 Å². The maximum absolute atomic E-state index is 14.7. The first-order valence-electron chi connectivity index (χ1n) is 9.95. The Morgan fingerprint density at radius 1 is 1.39 bits per heavy atom. The molecule has 2 aliphatic rings. The first-order valence-corrected chi connectivity index (χ1v) is 9.95. The zero-order chi connectivity index (χ0) is 19.8. The van der Waals surface area contributed by atoms with Crippen molar-refractivity contribution in [3.05, 3.63) is 23.3 Å². The number of fused-ring (bicyclic) bond motifs is 1. The Morgan fingerprint density at radius 2 is 2.21 bits per heavy atom. The molecule has 8 nitrogen and oxygen atoms in total. The third-order valence-electron chi connectivity index (χ3n) is 6.09. The lowest BCUT2D eigenvalue weighted by atomic mass is 9.82. The summed E-state index contributed by atoms with van der Waals surface area (Å²) in [4.78, 5) is 13.4. The molecular formula is C19H28FN7O. The number of nitrogens with zero attached hydrogens (tertiary/aromatic N) is 5. The SMILES string of the molecule is CCC1CC(N(C)c2nc(CO)c(F)c(Nc3cc(C)[nH]n3)n2)C[C@H]2CCN12. The van der Waals surface area contributed by atoms with Crippen LogP contribution in [0, 0.1) is 12.7 Å². The van der Waals surface area contributed by atoms with Crippen LogP contribution in [-0.4, -0.2) is 61.9 Å². The van der Waals surface area contributed by atoms with Crippen LogP contribution in [0.1, 0.15) is 44.0 Å². The largest absolute Gasteiger partial charge is 0.390 e. The van der Waals surface area contributed by atoms with Crippen LogP contribution in [0.4, 0.5) is 22.0 Å². The van der Waals surface area contributed by atoms with E-state index in [-0.39, 0.29) is 11.5 Å². The smallest absolute Gasteiger partial charge is 0.227 e. The maximum Gasteiger partial charge on any atom is 0.227 e. The number of H-pyrrole nitrogens is 1. The summed E-state index contributed by atoms with van der Waals surface area (Å²) in [7, 11) is 1.96. The van der Waals surface area contributed by atoms with Gasteiger partial charge in [0.05, 0.1) is 6.61 Å². The molecule has 2 aliphatic heterocycles. The Kier molecular flexibility index (Phi) is 5.20. The van der Waals surface area contributed by atoms with Gasteiger partial charge in [0.2, 0.25) is 5.95 Å². The van der Waals surface area contributed by atoms with Crippen LogP contribution in [0.3, 0.4) is 0 Å². The number of halogens is 1. The Bertz CT molecular complexity index is 842. The van der Waals surface area contributed by atoms with Gasteiger partial charge in [0.1, 0.15) is 5.69 Å². The number of aromatic nitrogens is 4. The van der Waals surface area contributed by atoms with Gasteiger partial charge in [-0.05, 0) is 32.6 Å². The summed E-state index contributed by atoms with van der Waals surface area (Å²) in [5, 5.41) is 19.4. The van der Waals surface area contributed by atoms with E-state index in [9.17, 15) is 9.50 Å². The summed E-state index contributed by atoms with van der Waals surface area (Å²) >= 11 is 0. The van der Waals surface area contributed by atoms with Crippen LogP contribution in [-0.2, 0) is 6.61 Å². The highest BCUT2D eigenvalue weighted by Gasteiger charge is 2.41. The number of rotatable bonds is 6. The zero-order valence-corrected chi connectivity index (χ0v) is 16.6. The predicted molar refractivity (Wildman–Crippen MR) is 105 cm³/mol. The zero-order valence-electron chi connectivity index (χ0n) is 16.6. The third kappa shape index (κ3) is 3.44. The molecule has 28 heavy (non-hydrogen) atoms. The summed E-state index contributed by atoms with van der Waals surface area (Å²) in [6.45, 7) is 4.80. The molecule has 2 aromatic rings. The van der Waals surface area contributed by atoms with E-state index in [0.717, 1.165) is 25.0 Å². The van der Waals surface area contributed by atoms with E-state index in [2.05, 4.69) is 37.3 Å². The third-order valence-corrected chi connectivity index (χ3v) is 6.09. The fraction of sp³-hybridized carbons (Fsp3) is 0.632. The molecule has 2 aromatic heterocycles. The van der Waals surface area contributed by atoms with Crippen LogP contribution in [0.15, 0.2) is 6.07 Å². The van der Waals surface area contributed by atoms with Gasteiger partial charge in [-0.15, -0.1) is 0 Å². The van der Waals surface area contributed by atoms with Gasteiger partial charge in [-0.3, -0.25) is 10.00 Å². The number of piperidine rings is 1. The van der Waals surface area contributed by atoms with E-state index in [1.54, 1.807) is 6.07 Å². The van der Waals surface area contributed by atoms with Crippen molar-refractivity contribution in [2.45, 2.75) is 64.3 Å². The van der Waals surface area contributed by atoms with E-state index >= 15 is 0 Å². The van der Waals surface area contributed by atoms with E-state index in [1.165, 1.54) is 13.0 Å². The lowest BCUT2D eigenvalue weighted by Gasteiger charge is -2.53. The second kappa shape index (κ2) is 7.63. The number of aromatic amines is 1.